The van der Waals surface area contributed by atoms with E-state index in [1.54, 1.807) is 18.2 Å². The lowest BCUT2D eigenvalue weighted by Gasteiger charge is -2.13. The zero-order chi connectivity index (χ0) is 16.3. The number of hydrogen-bond donors (Lipinski definition) is 1. The summed E-state index contributed by atoms with van der Waals surface area (Å²) in [6.45, 7) is 3.70. The molecule has 116 valence electrons. The standard InChI is InChI=1S/C16H14Br2ClNO2/c1-9-6-11(17)7-12(18)16(9)22-8-15(21)20-14-5-3-4-13(19)10(14)2/h3-7H,8H2,1-2H3,(H,20,21). The molecule has 2 rings (SSSR count). The number of amides is 1. The van der Waals surface area contributed by atoms with E-state index in [-0.39, 0.29) is 12.5 Å². The first-order chi connectivity index (χ1) is 10.4. The molecule has 0 aromatic heterocycles. The van der Waals surface area contributed by atoms with Crippen LogP contribution in [-0.2, 0) is 4.79 Å². The molecular formula is C16H14Br2ClNO2. The highest BCUT2D eigenvalue weighted by Crippen LogP contribution is 2.32. The molecule has 2 aromatic carbocycles. The van der Waals surface area contributed by atoms with E-state index in [2.05, 4.69) is 37.2 Å². The smallest absolute Gasteiger partial charge is 0.262 e. The number of carbonyl (C=O) groups is 1. The summed E-state index contributed by atoms with van der Waals surface area (Å²) in [5, 5.41) is 3.41. The number of aryl methyl sites for hydroxylation is 1. The molecule has 0 aliphatic heterocycles. The van der Waals surface area contributed by atoms with Crippen LogP contribution in [0.3, 0.4) is 0 Å². The van der Waals surface area contributed by atoms with E-state index in [1.807, 2.05) is 26.0 Å². The van der Waals surface area contributed by atoms with Crippen LogP contribution in [-0.4, -0.2) is 12.5 Å². The van der Waals surface area contributed by atoms with Gasteiger partial charge in [0.15, 0.2) is 6.61 Å². The maximum atomic E-state index is 12.0. The Hall–Kier alpha value is -1.04. The fourth-order valence-corrected chi connectivity index (χ4v) is 3.67. The van der Waals surface area contributed by atoms with Crippen molar-refractivity contribution in [3.8, 4) is 5.75 Å². The Bertz CT molecular complexity index is 696. The van der Waals surface area contributed by atoms with Crippen LogP contribution in [0.5, 0.6) is 5.75 Å². The summed E-state index contributed by atoms with van der Waals surface area (Å²) in [7, 11) is 0. The molecule has 0 bridgehead atoms. The molecule has 0 heterocycles. The van der Waals surface area contributed by atoms with Crippen LogP contribution in [0.25, 0.3) is 0 Å². The van der Waals surface area contributed by atoms with E-state index in [0.29, 0.717) is 16.5 Å². The summed E-state index contributed by atoms with van der Waals surface area (Å²) in [6.07, 6.45) is 0. The highest BCUT2D eigenvalue weighted by molar-refractivity contribution is 9.11. The predicted octanol–water partition coefficient (Wildman–Crippen LogP) is 5.50. The first kappa shape index (κ1) is 17.3. The van der Waals surface area contributed by atoms with Gasteiger partial charge in [-0.05, 0) is 65.2 Å². The monoisotopic (exact) mass is 445 g/mol. The number of hydrogen-bond acceptors (Lipinski definition) is 2. The van der Waals surface area contributed by atoms with E-state index in [0.717, 1.165) is 20.1 Å². The van der Waals surface area contributed by atoms with Crippen molar-refractivity contribution in [3.05, 3.63) is 55.4 Å². The van der Waals surface area contributed by atoms with Gasteiger partial charge in [0.25, 0.3) is 5.91 Å². The highest BCUT2D eigenvalue weighted by atomic mass is 79.9. The van der Waals surface area contributed by atoms with Gasteiger partial charge in [0.1, 0.15) is 5.75 Å². The van der Waals surface area contributed by atoms with Crippen molar-refractivity contribution < 1.29 is 9.53 Å². The van der Waals surface area contributed by atoms with Crippen molar-refractivity contribution in [2.45, 2.75) is 13.8 Å². The Balaban J connectivity index is 2.03. The molecule has 0 atom stereocenters. The number of ether oxygens (including phenoxy) is 1. The number of rotatable bonds is 4. The molecule has 1 amide bonds. The van der Waals surface area contributed by atoms with E-state index < -0.39 is 0 Å². The second-order valence-electron chi connectivity index (χ2n) is 4.78. The van der Waals surface area contributed by atoms with Crippen LogP contribution in [0.4, 0.5) is 5.69 Å². The van der Waals surface area contributed by atoms with Crippen molar-refractivity contribution in [3.63, 3.8) is 0 Å². The average molecular weight is 448 g/mol. The fourth-order valence-electron chi connectivity index (χ4n) is 1.94. The minimum Gasteiger partial charge on any atom is -0.482 e. The highest BCUT2D eigenvalue weighted by Gasteiger charge is 2.11. The van der Waals surface area contributed by atoms with Gasteiger partial charge in [-0.2, -0.15) is 0 Å². The Labute approximate surface area is 151 Å². The molecule has 0 aliphatic rings. The third-order valence-electron chi connectivity index (χ3n) is 3.08. The number of nitrogens with one attached hydrogen (secondary N) is 1. The van der Waals surface area contributed by atoms with Gasteiger partial charge >= 0.3 is 0 Å². The normalized spacial score (nSPS) is 10.4. The lowest BCUT2D eigenvalue weighted by molar-refractivity contribution is -0.118. The third-order valence-corrected chi connectivity index (χ3v) is 4.54. The first-order valence-corrected chi connectivity index (χ1v) is 8.48. The van der Waals surface area contributed by atoms with Gasteiger partial charge < -0.3 is 10.1 Å². The third kappa shape index (κ3) is 4.24. The summed E-state index contributed by atoms with van der Waals surface area (Å²) in [6, 6.07) is 9.19. The van der Waals surface area contributed by atoms with Gasteiger partial charge in [0.2, 0.25) is 0 Å². The van der Waals surface area contributed by atoms with E-state index in [4.69, 9.17) is 16.3 Å². The van der Waals surface area contributed by atoms with Gasteiger partial charge in [0, 0.05) is 15.2 Å². The second kappa shape index (κ2) is 7.49. The molecular weight excluding hydrogens is 433 g/mol. The summed E-state index contributed by atoms with van der Waals surface area (Å²) in [4.78, 5) is 12.0. The summed E-state index contributed by atoms with van der Waals surface area (Å²) < 4.78 is 7.36. The summed E-state index contributed by atoms with van der Waals surface area (Å²) in [5.74, 6) is 0.417. The molecule has 3 nitrogen and oxygen atoms in total. The van der Waals surface area contributed by atoms with Crippen molar-refractivity contribution in [1.82, 2.24) is 0 Å². The number of anilines is 1. The summed E-state index contributed by atoms with van der Waals surface area (Å²) >= 11 is 12.9. The maximum Gasteiger partial charge on any atom is 0.262 e. The van der Waals surface area contributed by atoms with Gasteiger partial charge in [-0.3, -0.25) is 4.79 Å². The number of carbonyl (C=O) groups excluding carboxylic acids is 1. The maximum absolute atomic E-state index is 12.0. The topological polar surface area (TPSA) is 38.3 Å². The SMILES string of the molecule is Cc1cc(Br)cc(Br)c1OCC(=O)Nc1cccc(Cl)c1C. The van der Waals surface area contributed by atoms with Gasteiger partial charge in [-0.25, -0.2) is 0 Å². The molecule has 0 aliphatic carbocycles. The minimum absolute atomic E-state index is 0.0764. The largest absolute Gasteiger partial charge is 0.482 e. The van der Waals surface area contributed by atoms with E-state index >= 15 is 0 Å². The molecule has 0 radical (unpaired) electrons. The Morgan fingerprint density at radius 3 is 2.68 bits per heavy atom. The fraction of sp³-hybridized carbons (Fsp3) is 0.188. The first-order valence-electron chi connectivity index (χ1n) is 6.52. The van der Waals surface area contributed by atoms with Crippen molar-refractivity contribution >= 4 is 55.1 Å². The van der Waals surface area contributed by atoms with Crippen molar-refractivity contribution in [2.24, 2.45) is 0 Å². The van der Waals surface area contributed by atoms with Crippen LogP contribution >= 0.6 is 43.5 Å². The Morgan fingerprint density at radius 1 is 1.27 bits per heavy atom. The number of halogens is 3. The van der Waals surface area contributed by atoms with Crippen molar-refractivity contribution in [1.29, 1.82) is 0 Å². The van der Waals surface area contributed by atoms with Crippen molar-refractivity contribution in [2.75, 3.05) is 11.9 Å². The zero-order valence-corrected chi connectivity index (χ0v) is 16.0. The molecule has 1 N–H and O–H groups in total. The van der Waals surface area contributed by atoms with E-state index in [9.17, 15) is 4.79 Å². The minimum atomic E-state index is -0.236. The van der Waals surface area contributed by atoms with Gasteiger partial charge in [-0.15, -0.1) is 0 Å². The van der Waals surface area contributed by atoms with Crippen LogP contribution in [0.1, 0.15) is 11.1 Å². The predicted molar refractivity (Wildman–Crippen MR) is 96.9 cm³/mol. The lowest BCUT2D eigenvalue weighted by Crippen LogP contribution is -2.21. The molecule has 0 fully saturated rings. The van der Waals surface area contributed by atoms with Crippen LogP contribution in [0.15, 0.2) is 39.3 Å². The molecule has 0 saturated carbocycles. The molecule has 0 unspecified atom stereocenters. The van der Waals surface area contributed by atoms with Crippen LogP contribution in [0, 0.1) is 13.8 Å². The molecule has 0 spiro atoms. The quantitative estimate of drug-likeness (QED) is 0.672. The Kier molecular flexibility index (Phi) is 5.89. The molecule has 2 aromatic rings. The van der Waals surface area contributed by atoms with Gasteiger partial charge in [0.05, 0.1) is 4.47 Å². The number of benzene rings is 2. The zero-order valence-electron chi connectivity index (χ0n) is 12.0. The lowest BCUT2D eigenvalue weighted by atomic mass is 10.2. The summed E-state index contributed by atoms with van der Waals surface area (Å²) in [5.41, 5.74) is 2.46. The second-order valence-corrected chi connectivity index (χ2v) is 6.96. The van der Waals surface area contributed by atoms with E-state index in [1.165, 1.54) is 0 Å². The molecule has 6 heteroatoms. The molecule has 0 saturated heterocycles. The Morgan fingerprint density at radius 2 is 2.00 bits per heavy atom. The van der Waals surface area contributed by atoms with Crippen LogP contribution < -0.4 is 10.1 Å². The van der Waals surface area contributed by atoms with Gasteiger partial charge in [-0.1, -0.05) is 33.6 Å². The average Bonchev–Trinajstić information content (AvgIpc) is 2.42. The molecule has 22 heavy (non-hydrogen) atoms. The van der Waals surface area contributed by atoms with Crippen LogP contribution in [0.2, 0.25) is 5.02 Å².